The molecule has 1 aliphatic heterocycles. The molecule has 2 aromatic heterocycles. The fraction of sp³-hybridized carbons (Fsp3) is 0.423. The van der Waals surface area contributed by atoms with Crippen molar-refractivity contribution in [2.75, 3.05) is 25.0 Å². The summed E-state index contributed by atoms with van der Waals surface area (Å²) in [6.07, 6.45) is 5.03. The number of hydrogen-bond acceptors (Lipinski definition) is 4. The second kappa shape index (κ2) is 9.50. The zero-order valence-corrected chi connectivity index (χ0v) is 20.6. The van der Waals surface area contributed by atoms with Crippen molar-refractivity contribution in [2.45, 2.75) is 45.6 Å². The molecule has 0 saturated carbocycles. The highest BCUT2D eigenvalue weighted by atomic mass is 35.5. The maximum Gasteiger partial charge on any atom is 0.176 e. The lowest BCUT2D eigenvalue weighted by Gasteiger charge is -2.38. The summed E-state index contributed by atoms with van der Waals surface area (Å²) in [5.41, 5.74) is 3.37. The third-order valence-electron chi connectivity index (χ3n) is 6.89. The standard InChI is InChI=1S/C26H31ClFN3S/c1-19-4-5-20(16-29-19)25(2,3)31-15-14-26(18-31,13-12-23-10-11-24(28)32-23)17-30-22-8-6-21(27)7-9-22/h4-11,16,30H,12-15,17-18H2,1-3H3. The van der Waals surface area contributed by atoms with E-state index in [4.69, 9.17) is 11.6 Å². The molecule has 1 aliphatic rings. The molecule has 170 valence electrons. The Morgan fingerprint density at radius 3 is 2.59 bits per heavy atom. The van der Waals surface area contributed by atoms with Crippen molar-refractivity contribution in [3.05, 3.63) is 81.0 Å². The van der Waals surface area contributed by atoms with Gasteiger partial charge in [0, 0.05) is 51.5 Å². The van der Waals surface area contributed by atoms with Crippen molar-refractivity contribution in [3.63, 3.8) is 0 Å². The van der Waals surface area contributed by atoms with Crippen LogP contribution in [0.5, 0.6) is 0 Å². The Labute approximate surface area is 199 Å². The van der Waals surface area contributed by atoms with Crippen LogP contribution in [0.2, 0.25) is 5.02 Å². The van der Waals surface area contributed by atoms with E-state index < -0.39 is 0 Å². The number of anilines is 1. The van der Waals surface area contributed by atoms with E-state index in [9.17, 15) is 4.39 Å². The van der Waals surface area contributed by atoms with Gasteiger partial charge >= 0.3 is 0 Å². The summed E-state index contributed by atoms with van der Waals surface area (Å²) in [6.45, 7) is 9.49. The van der Waals surface area contributed by atoms with Gasteiger partial charge in [-0.1, -0.05) is 17.7 Å². The number of thiophene rings is 1. The number of likely N-dealkylation sites (tertiary alicyclic amines) is 1. The van der Waals surface area contributed by atoms with E-state index in [1.165, 1.54) is 16.9 Å². The third kappa shape index (κ3) is 5.33. The summed E-state index contributed by atoms with van der Waals surface area (Å²) >= 11 is 7.32. The Kier molecular flexibility index (Phi) is 6.89. The van der Waals surface area contributed by atoms with E-state index in [0.29, 0.717) is 0 Å². The minimum absolute atomic E-state index is 0.0994. The Bertz CT molecular complexity index is 1030. The van der Waals surface area contributed by atoms with Gasteiger partial charge in [-0.2, -0.15) is 4.39 Å². The quantitative estimate of drug-likeness (QED) is 0.386. The molecule has 1 saturated heterocycles. The first-order valence-corrected chi connectivity index (χ1v) is 12.4. The monoisotopic (exact) mass is 471 g/mol. The van der Waals surface area contributed by atoms with Crippen LogP contribution in [0.1, 0.15) is 42.8 Å². The van der Waals surface area contributed by atoms with Gasteiger partial charge in [0.05, 0.1) is 0 Å². The number of aromatic nitrogens is 1. The topological polar surface area (TPSA) is 28.2 Å². The Balaban J connectivity index is 1.51. The summed E-state index contributed by atoms with van der Waals surface area (Å²) in [6, 6.07) is 15.7. The minimum atomic E-state index is -0.102. The van der Waals surface area contributed by atoms with Crippen molar-refractivity contribution in [1.29, 1.82) is 0 Å². The normalized spacial score (nSPS) is 19.4. The molecule has 32 heavy (non-hydrogen) atoms. The molecule has 3 nitrogen and oxygen atoms in total. The highest BCUT2D eigenvalue weighted by molar-refractivity contribution is 7.10. The van der Waals surface area contributed by atoms with Crippen LogP contribution in [-0.4, -0.2) is 29.5 Å². The van der Waals surface area contributed by atoms with Crippen molar-refractivity contribution in [3.8, 4) is 0 Å². The molecular formula is C26H31ClFN3S. The van der Waals surface area contributed by atoms with Gasteiger partial charge < -0.3 is 5.32 Å². The highest BCUT2D eigenvalue weighted by Crippen LogP contribution is 2.42. The summed E-state index contributed by atoms with van der Waals surface area (Å²) < 4.78 is 13.5. The van der Waals surface area contributed by atoms with E-state index in [0.717, 1.165) is 60.2 Å². The fourth-order valence-corrected chi connectivity index (χ4v) is 5.45. The Hall–Kier alpha value is -1.95. The van der Waals surface area contributed by atoms with E-state index in [-0.39, 0.29) is 16.1 Å². The summed E-state index contributed by atoms with van der Waals surface area (Å²) in [5.74, 6) is 0. The van der Waals surface area contributed by atoms with Crippen LogP contribution >= 0.6 is 22.9 Å². The number of nitrogens with one attached hydrogen (secondary N) is 1. The molecule has 1 N–H and O–H groups in total. The van der Waals surface area contributed by atoms with Gasteiger partial charge in [-0.3, -0.25) is 9.88 Å². The number of rotatable bonds is 8. The molecule has 6 heteroatoms. The summed E-state index contributed by atoms with van der Waals surface area (Å²) in [7, 11) is 0. The summed E-state index contributed by atoms with van der Waals surface area (Å²) in [5, 5.41) is 4.29. The first-order chi connectivity index (χ1) is 15.3. The molecule has 1 aromatic carbocycles. The molecule has 4 rings (SSSR count). The van der Waals surface area contributed by atoms with Gasteiger partial charge in [-0.05, 0) is 94.6 Å². The number of halogens is 2. The van der Waals surface area contributed by atoms with Crippen molar-refractivity contribution in [1.82, 2.24) is 9.88 Å². The molecule has 1 unspecified atom stereocenters. The van der Waals surface area contributed by atoms with Gasteiger partial charge in [-0.15, -0.1) is 11.3 Å². The first kappa shape index (κ1) is 23.2. The van der Waals surface area contributed by atoms with E-state index in [1.54, 1.807) is 6.07 Å². The smallest absolute Gasteiger partial charge is 0.176 e. The van der Waals surface area contributed by atoms with Gasteiger partial charge in [0.1, 0.15) is 0 Å². The first-order valence-electron chi connectivity index (χ1n) is 11.2. The van der Waals surface area contributed by atoms with Crippen LogP contribution in [-0.2, 0) is 12.0 Å². The van der Waals surface area contributed by atoms with Crippen molar-refractivity contribution in [2.24, 2.45) is 5.41 Å². The van der Waals surface area contributed by atoms with Crippen LogP contribution in [0, 0.1) is 17.5 Å². The fourth-order valence-electron chi connectivity index (χ4n) is 4.59. The number of hydrogen-bond donors (Lipinski definition) is 1. The molecular weight excluding hydrogens is 441 g/mol. The lowest BCUT2D eigenvalue weighted by Crippen LogP contribution is -2.43. The largest absolute Gasteiger partial charge is 0.384 e. The number of benzene rings is 1. The van der Waals surface area contributed by atoms with Crippen LogP contribution in [0.4, 0.5) is 10.1 Å². The van der Waals surface area contributed by atoms with E-state index in [1.807, 2.05) is 43.5 Å². The van der Waals surface area contributed by atoms with Gasteiger partial charge in [-0.25, -0.2) is 0 Å². The molecule has 3 heterocycles. The van der Waals surface area contributed by atoms with Gasteiger partial charge in [0.15, 0.2) is 5.13 Å². The predicted molar refractivity (Wildman–Crippen MR) is 133 cm³/mol. The predicted octanol–water partition coefficient (Wildman–Crippen LogP) is 6.92. The van der Waals surface area contributed by atoms with Crippen molar-refractivity contribution >= 4 is 28.6 Å². The number of nitrogens with zero attached hydrogens (tertiary/aromatic N) is 2. The minimum Gasteiger partial charge on any atom is -0.384 e. The number of aryl methyl sites for hydroxylation is 2. The Morgan fingerprint density at radius 2 is 1.94 bits per heavy atom. The lowest BCUT2D eigenvalue weighted by atomic mass is 9.81. The third-order valence-corrected chi connectivity index (χ3v) is 8.07. The van der Waals surface area contributed by atoms with Crippen LogP contribution in [0.25, 0.3) is 0 Å². The second-order valence-electron chi connectivity index (χ2n) is 9.49. The highest BCUT2D eigenvalue weighted by Gasteiger charge is 2.43. The molecule has 1 atom stereocenters. The van der Waals surface area contributed by atoms with E-state index in [2.05, 4.69) is 41.2 Å². The summed E-state index contributed by atoms with van der Waals surface area (Å²) in [4.78, 5) is 8.23. The number of pyridine rings is 1. The average Bonchev–Trinajstić information content (AvgIpc) is 3.39. The molecule has 1 fully saturated rings. The van der Waals surface area contributed by atoms with Crippen LogP contribution < -0.4 is 5.32 Å². The lowest BCUT2D eigenvalue weighted by molar-refractivity contribution is 0.131. The van der Waals surface area contributed by atoms with Crippen LogP contribution in [0.15, 0.2) is 54.7 Å². The van der Waals surface area contributed by atoms with Gasteiger partial charge in [0.25, 0.3) is 0 Å². The van der Waals surface area contributed by atoms with Gasteiger partial charge in [0.2, 0.25) is 0 Å². The molecule has 0 radical (unpaired) electrons. The SMILES string of the molecule is Cc1ccc(C(C)(C)N2CCC(CCc3ccc(F)s3)(CNc3ccc(Cl)cc3)C2)cn1. The Morgan fingerprint density at radius 1 is 1.16 bits per heavy atom. The maximum atomic E-state index is 13.5. The average molecular weight is 472 g/mol. The maximum absolute atomic E-state index is 13.5. The second-order valence-corrected chi connectivity index (χ2v) is 11.0. The van der Waals surface area contributed by atoms with Crippen molar-refractivity contribution < 1.29 is 4.39 Å². The van der Waals surface area contributed by atoms with E-state index >= 15 is 0 Å². The molecule has 3 aromatic rings. The zero-order valence-electron chi connectivity index (χ0n) is 19.0. The molecule has 0 spiro atoms. The zero-order chi connectivity index (χ0) is 22.8. The molecule has 0 amide bonds. The molecule has 0 bridgehead atoms. The van der Waals surface area contributed by atoms with Crippen LogP contribution in [0.3, 0.4) is 0 Å². The molecule has 0 aliphatic carbocycles.